The van der Waals surface area contributed by atoms with Crippen molar-refractivity contribution in [3.63, 3.8) is 0 Å². The second kappa shape index (κ2) is 3.71. The molecule has 1 aliphatic heterocycles. The molecule has 2 heteroatoms. The Hall–Kier alpha value is -0.690. The molecular weight excluding hydrogens is 206 g/mol. The van der Waals surface area contributed by atoms with Gasteiger partial charge in [0.15, 0.2) is 0 Å². The maximum Gasteiger partial charge on any atom is 0.0494 e. The zero-order chi connectivity index (χ0) is 11.1. The third-order valence-corrected chi connectivity index (χ3v) is 3.25. The van der Waals surface area contributed by atoms with Gasteiger partial charge < -0.3 is 4.90 Å². The summed E-state index contributed by atoms with van der Waals surface area (Å²) in [6.07, 6.45) is 0. The number of hydrogen-bond donors (Lipinski definition) is 0. The van der Waals surface area contributed by atoms with Gasteiger partial charge in [0.05, 0.1) is 0 Å². The maximum absolute atomic E-state index is 5.97. The highest BCUT2D eigenvalue weighted by Gasteiger charge is 2.34. The van der Waals surface area contributed by atoms with Crippen LogP contribution in [0, 0.1) is 12.3 Å². The van der Waals surface area contributed by atoms with E-state index in [4.69, 9.17) is 11.6 Å². The summed E-state index contributed by atoms with van der Waals surface area (Å²) in [6.45, 7) is 9.00. The topological polar surface area (TPSA) is 3.24 Å². The van der Waals surface area contributed by atoms with Crippen LogP contribution in [0.5, 0.6) is 0 Å². The van der Waals surface area contributed by atoms with Crippen LogP contribution in [0.15, 0.2) is 18.2 Å². The molecule has 0 aromatic heterocycles. The largest absolute Gasteiger partial charge is 0.370 e. The predicted molar refractivity (Wildman–Crippen MR) is 66.7 cm³/mol. The average Bonchev–Trinajstić information content (AvgIpc) is 2.14. The summed E-state index contributed by atoms with van der Waals surface area (Å²) in [6, 6.07) is 6.55. The van der Waals surface area contributed by atoms with Gasteiger partial charge in [0.2, 0.25) is 0 Å². The van der Waals surface area contributed by atoms with Crippen molar-refractivity contribution in [3.8, 4) is 0 Å². The molecule has 82 valence electrons. The fourth-order valence-corrected chi connectivity index (χ4v) is 2.50. The number of nitrogens with zero attached hydrogens (tertiary/aromatic N) is 1. The highest BCUT2D eigenvalue weighted by Crippen LogP contribution is 2.35. The van der Waals surface area contributed by atoms with Gasteiger partial charge in [0.1, 0.15) is 0 Å². The molecule has 0 saturated carbocycles. The minimum atomic E-state index is 0.467. The van der Waals surface area contributed by atoms with Crippen molar-refractivity contribution in [2.75, 3.05) is 18.0 Å². The van der Waals surface area contributed by atoms with E-state index in [0.29, 0.717) is 11.3 Å². The Morgan fingerprint density at radius 3 is 2.53 bits per heavy atom. The Balaban J connectivity index is 2.22. The third-order valence-electron chi connectivity index (χ3n) is 2.96. The van der Waals surface area contributed by atoms with Crippen LogP contribution in [0.3, 0.4) is 0 Å². The van der Waals surface area contributed by atoms with E-state index in [1.165, 1.54) is 16.8 Å². The van der Waals surface area contributed by atoms with E-state index < -0.39 is 0 Å². The first-order valence-electron chi connectivity index (χ1n) is 5.42. The number of rotatable bonds is 2. The third kappa shape index (κ3) is 2.12. The van der Waals surface area contributed by atoms with Crippen LogP contribution in [0.25, 0.3) is 0 Å². The van der Waals surface area contributed by atoms with Gasteiger partial charge in [-0.1, -0.05) is 31.5 Å². The molecule has 1 aromatic carbocycles. The monoisotopic (exact) mass is 223 g/mol. The van der Waals surface area contributed by atoms with Gasteiger partial charge in [0, 0.05) is 24.7 Å². The molecule has 0 unspecified atom stereocenters. The molecule has 0 spiro atoms. The number of halogens is 1. The second-order valence-corrected chi connectivity index (χ2v) is 5.55. The summed E-state index contributed by atoms with van der Waals surface area (Å²) in [4.78, 5) is 2.41. The first kappa shape index (κ1) is 10.8. The van der Waals surface area contributed by atoms with Crippen LogP contribution in [0.1, 0.15) is 25.0 Å². The summed E-state index contributed by atoms with van der Waals surface area (Å²) in [5.74, 6) is 0.605. The highest BCUT2D eigenvalue weighted by molar-refractivity contribution is 6.17. The number of hydrogen-bond acceptors (Lipinski definition) is 1. The summed E-state index contributed by atoms with van der Waals surface area (Å²) >= 11 is 5.97. The quantitative estimate of drug-likeness (QED) is 0.693. The molecule has 1 aliphatic rings. The summed E-state index contributed by atoms with van der Waals surface area (Å²) in [7, 11) is 0. The molecule has 15 heavy (non-hydrogen) atoms. The first-order chi connectivity index (χ1) is 7.02. The number of anilines is 1. The number of aryl methyl sites for hydroxylation is 1. The second-order valence-electron chi connectivity index (χ2n) is 5.29. The van der Waals surface area contributed by atoms with Gasteiger partial charge in [-0.25, -0.2) is 0 Å². The molecule has 0 N–H and O–H groups in total. The molecule has 2 rings (SSSR count). The van der Waals surface area contributed by atoms with E-state index in [-0.39, 0.29) is 0 Å². The molecule has 1 saturated heterocycles. The van der Waals surface area contributed by atoms with Crippen LogP contribution in [0.2, 0.25) is 0 Å². The van der Waals surface area contributed by atoms with Gasteiger partial charge in [-0.15, -0.1) is 11.6 Å². The van der Waals surface area contributed by atoms with Crippen molar-refractivity contribution in [3.05, 3.63) is 29.3 Å². The average molecular weight is 224 g/mol. The van der Waals surface area contributed by atoms with Crippen LogP contribution in [-0.4, -0.2) is 13.1 Å². The van der Waals surface area contributed by atoms with Crippen LogP contribution >= 0.6 is 11.6 Å². The molecule has 0 amide bonds. The molecule has 0 radical (unpaired) electrons. The van der Waals surface area contributed by atoms with Gasteiger partial charge in [-0.2, -0.15) is 0 Å². The molecule has 0 bridgehead atoms. The Kier molecular flexibility index (Phi) is 2.68. The Bertz CT molecular complexity index is 363. The molecule has 0 atom stereocenters. The van der Waals surface area contributed by atoms with E-state index in [1.54, 1.807) is 0 Å². The molecule has 0 aliphatic carbocycles. The standard InChI is InChI=1S/C13H18ClN/c1-10-4-5-12(11(6-10)7-14)15-8-13(2,3)9-15/h4-6H,7-9H2,1-3H3. The van der Waals surface area contributed by atoms with Gasteiger partial charge in [0.25, 0.3) is 0 Å². The van der Waals surface area contributed by atoms with E-state index in [0.717, 1.165) is 13.1 Å². The Morgan fingerprint density at radius 2 is 2.00 bits per heavy atom. The predicted octanol–water partition coefficient (Wildman–Crippen LogP) is 3.58. The molecule has 1 aromatic rings. The smallest absolute Gasteiger partial charge is 0.0494 e. The van der Waals surface area contributed by atoms with Crippen molar-refractivity contribution >= 4 is 17.3 Å². The summed E-state index contributed by atoms with van der Waals surface area (Å²) in [5.41, 5.74) is 4.32. The van der Waals surface area contributed by atoms with Gasteiger partial charge in [-0.3, -0.25) is 0 Å². The number of alkyl halides is 1. The molecule has 1 nitrogen and oxygen atoms in total. The van der Waals surface area contributed by atoms with Crippen molar-refractivity contribution in [1.82, 2.24) is 0 Å². The van der Waals surface area contributed by atoms with E-state index in [1.807, 2.05) is 0 Å². The zero-order valence-corrected chi connectivity index (χ0v) is 10.4. The fraction of sp³-hybridized carbons (Fsp3) is 0.538. The molecular formula is C13H18ClN. The lowest BCUT2D eigenvalue weighted by Crippen LogP contribution is -2.53. The van der Waals surface area contributed by atoms with Crippen LogP contribution in [-0.2, 0) is 5.88 Å². The van der Waals surface area contributed by atoms with E-state index in [2.05, 4.69) is 43.9 Å². The van der Waals surface area contributed by atoms with E-state index in [9.17, 15) is 0 Å². The minimum absolute atomic E-state index is 0.467. The minimum Gasteiger partial charge on any atom is -0.370 e. The molecule has 1 heterocycles. The van der Waals surface area contributed by atoms with Gasteiger partial charge in [-0.05, 0) is 24.0 Å². The van der Waals surface area contributed by atoms with Crippen LogP contribution in [0.4, 0.5) is 5.69 Å². The lowest BCUT2D eigenvalue weighted by Gasteiger charge is -2.48. The summed E-state index contributed by atoms with van der Waals surface area (Å²) in [5, 5.41) is 0. The number of benzene rings is 1. The summed E-state index contributed by atoms with van der Waals surface area (Å²) < 4.78 is 0. The van der Waals surface area contributed by atoms with Crippen molar-refractivity contribution < 1.29 is 0 Å². The fourth-order valence-electron chi connectivity index (χ4n) is 2.29. The van der Waals surface area contributed by atoms with Crippen molar-refractivity contribution in [2.24, 2.45) is 5.41 Å². The normalized spacial score (nSPS) is 18.8. The van der Waals surface area contributed by atoms with Crippen LogP contribution < -0.4 is 4.90 Å². The first-order valence-corrected chi connectivity index (χ1v) is 5.96. The van der Waals surface area contributed by atoms with E-state index >= 15 is 0 Å². The maximum atomic E-state index is 5.97. The lowest BCUT2D eigenvalue weighted by molar-refractivity contribution is 0.276. The van der Waals surface area contributed by atoms with Crippen molar-refractivity contribution in [2.45, 2.75) is 26.7 Å². The van der Waals surface area contributed by atoms with Gasteiger partial charge >= 0.3 is 0 Å². The highest BCUT2D eigenvalue weighted by atomic mass is 35.5. The Morgan fingerprint density at radius 1 is 1.33 bits per heavy atom. The zero-order valence-electron chi connectivity index (χ0n) is 9.68. The van der Waals surface area contributed by atoms with Crippen molar-refractivity contribution in [1.29, 1.82) is 0 Å². The Labute approximate surface area is 97.0 Å². The lowest BCUT2D eigenvalue weighted by atomic mass is 9.83. The molecule has 1 fully saturated rings. The SMILES string of the molecule is Cc1ccc(N2CC(C)(C)C2)c(CCl)c1.